The third-order valence-corrected chi connectivity index (χ3v) is 3.22. The smallest absolute Gasteiger partial charge is 0.336 e. The first kappa shape index (κ1) is 11.6. The molecule has 0 aliphatic carbocycles. The van der Waals surface area contributed by atoms with E-state index in [-0.39, 0.29) is 0 Å². The molecule has 5 heteroatoms. The number of pyridine rings is 1. The molecule has 0 saturated heterocycles. The summed E-state index contributed by atoms with van der Waals surface area (Å²) in [5, 5.41) is 13.6. The Morgan fingerprint density at radius 1 is 1.53 bits per heavy atom. The van der Waals surface area contributed by atoms with Crippen LogP contribution in [0.3, 0.4) is 0 Å². The van der Waals surface area contributed by atoms with Gasteiger partial charge in [0.15, 0.2) is 0 Å². The van der Waals surface area contributed by atoms with E-state index in [0.29, 0.717) is 12.1 Å². The van der Waals surface area contributed by atoms with Gasteiger partial charge in [0.05, 0.1) is 17.4 Å². The molecule has 0 bridgehead atoms. The van der Waals surface area contributed by atoms with Gasteiger partial charge in [-0.25, -0.2) is 4.79 Å². The van der Waals surface area contributed by atoms with Crippen molar-refractivity contribution in [3.05, 3.63) is 45.9 Å². The first-order valence-corrected chi connectivity index (χ1v) is 6.00. The van der Waals surface area contributed by atoms with Crippen LogP contribution in [0.2, 0.25) is 0 Å². The molecule has 0 amide bonds. The van der Waals surface area contributed by atoms with Crippen LogP contribution in [0.1, 0.15) is 20.9 Å². The lowest BCUT2D eigenvalue weighted by Gasteiger charge is -2.03. The predicted molar refractivity (Wildman–Crippen MR) is 67.6 cm³/mol. The number of rotatable bonds is 4. The highest BCUT2D eigenvalue weighted by atomic mass is 32.1. The zero-order valence-electron chi connectivity index (χ0n) is 9.30. The molecule has 0 unspecified atom stereocenters. The Bertz CT molecular complexity index is 520. The summed E-state index contributed by atoms with van der Waals surface area (Å²) in [7, 11) is 0. The van der Waals surface area contributed by atoms with Crippen LogP contribution in [-0.2, 0) is 6.54 Å². The Labute approximate surface area is 103 Å². The van der Waals surface area contributed by atoms with E-state index in [1.54, 1.807) is 17.6 Å². The summed E-state index contributed by atoms with van der Waals surface area (Å²) < 4.78 is 0. The van der Waals surface area contributed by atoms with Crippen LogP contribution in [0.15, 0.2) is 29.8 Å². The van der Waals surface area contributed by atoms with Gasteiger partial charge >= 0.3 is 5.97 Å². The molecule has 17 heavy (non-hydrogen) atoms. The van der Waals surface area contributed by atoms with Crippen LogP contribution in [0, 0.1) is 6.92 Å². The molecule has 2 rings (SSSR count). The van der Waals surface area contributed by atoms with E-state index < -0.39 is 5.97 Å². The molecular weight excluding hydrogens is 236 g/mol. The van der Waals surface area contributed by atoms with E-state index in [4.69, 9.17) is 5.11 Å². The van der Waals surface area contributed by atoms with Crippen molar-refractivity contribution in [1.82, 2.24) is 4.98 Å². The van der Waals surface area contributed by atoms with Gasteiger partial charge in [0.2, 0.25) is 0 Å². The van der Waals surface area contributed by atoms with Crippen LogP contribution < -0.4 is 5.32 Å². The minimum Gasteiger partial charge on any atom is -0.478 e. The van der Waals surface area contributed by atoms with Gasteiger partial charge in [-0.1, -0.05) is 0 Å². The Hall–Kier alpha value is -1.88. The van der Waals surface area contributed by atoms with Crippen molar-refractivity contribution in [2.45, 2.75) is 13.5 Å². The second-order valence-electron chi connectivity index (χ2n) is 3.65. The Morgan fingerprint density at radius 3 is 2.94 bits per heavy atom. The second-order valence-corrected chi connectivity index (χ2v) is 4.64. The number of nitrogens with one attached hydrogen (secondary N) is 1. The maximum Gasteiger partial charge on any atom is 0.336 e. The zero-order valence-corrected chi connectivity index (χ0v) is 10.1. The second kappa shape index (κ2) is 4.97. The maximum absolute atomic E-state index is 10.7. The lowest BCUT2D eigenvalue weighted by Crippen LogP contribution is -1.98. The highest BCUT2D eigenvalue weighted by Crippen LogP contribution is 2.16. The minimum absolute atomic E-state index is 0.342. The number of carboxylic acid groups (broad SMARTS) is 1. The molecule has 0 fully saturated rings. The number of thiophene rings is 1. The van der Waals surface area contributed by atoms with Gasteiger partial charge in [-0.05, 0) is 25.1 Å². The quantitative estimate of drug-likeness (QED) is 0.873. The summed E-state index contributed by atoms with van der Waals surface area (Å²) in [6, 6.07) is 5.56. The van der Waals surface area contributed by atoms with Gasteiger partial charge in [-0.2, -0.15) is 0 Å². The molecule has 2 N–H and O–H groups in total. The SMILES string of the molecule is Cc1ccc(NCc2cc(C(=O)O)cs2)cn1. The van der Waals surface area contributed by atoms with Crippen molar-refractivity contribution >= 4 is 23.0 Å². The average Bonchev–Trinajstić information content (AvgIpc) is 2.77. The van der Waals surface area contributed by atoms with Gasteiger partial charge in [0.1, 0.15) is 0 Å². The van der Waals surface area contributed by atoms with Crippen LogP contribution >= 0.6 is 11.3 Å². The summed E-state index contributed by atoms with van der Waals surface area (Å²) in [6.45, 7) is 2.55. The van der Waals surface area contributed by atoms with Crippen LogP contribution in [0.5, 0.6) is 0 Å². The molecule has 0 aliphatic rings. The number of anilines is 1. The summed E-state index contributed by atoms with van der Waals surface area (Å²) in [6.07, 6.45) is 1.76. The van der Waals surface area contributed by atoms with Crippen molar-refractivity contribution < 1.29 is 9.90 Å². The normalized spacial score (nSPS) is 10.2. The molecule has 0 saturated carbocycles. The largest absolute Gasteiger partial charge is 0.478 e. The zero-order chi connectivity index (χ0) is 12.3. The number of carbonyl (C=O) groups is 1. The number of aryl methyl sites for hydroxylation is 1. The van der Waals surface area contributed by atoms with Crippen molar-refractivity contribution in [1.29, 1.82) is 0 Å². The number of aromatic nitrogens is 1. The number of carboxylic acids is 1. The molecular formula is C12H12N2O2S. The van der Waals surface area contributed by atoms with Crippen LogP contribution in [0.4, 0.5) is 5.69 Å². The number of nitrogens with zero attached hydrogens (tertiary/aromatic N) is 1. The fraction of sp³-hybridized carbons (Fsp3) is 0.167. The van der Waals surface area contributed by atoms with E-state index in [1.165, 1.54) is 11.3 Å². The summed E-state index contributed by atoms with van der Waals surface area (Å²) in [5.41, 5.74) is 2.24. The van der Waals surface area contributed by atoms with Gasteiger partial charge in [0.25, 0.3) is 0 Å². The van der Waals surface area contributed by atoms with E-state index in [1.807, 2.05) is 19.1 Å². The van der Waals surface area contributed by atoms with Gasteiger partial charge in [-0.3, -0.25) is 4.98 Å². The van der Waals surface area contributed by atoms with Crippen molar-refractivity contribution in [3.8, 4) is 0 Å². The fourth-order valence-electron chi connectivity index (χ4n) is 1.35. The first-order valence-electron chi connectivity index (χ1n) is 5.12. The molecule has 2 aromatic heterocycles. The van der Waals surface area contributed by atoms with E-state index in [0.717, 1.165) is 16.3 Å². The van der Waals surface area contributed by atoms with Crippen LogP contribution in [0.25, 0.3) is 0 Å². The van der Waals surface area contributed by atoms with Crippen molar-refractivity contribution in [2.24, 2.45) is 0 Å². The molecule has 88 valence electrons. The Balaban J connectivity index is 1.97. The molecule has 0 radical (unpaired) electrons. The molecule has 0 aliphatic heterocycles. The third kappa shape index (κ3) is 3.04. The average molecular weight is 248 g/mol. The predicted octanol–water partition coefficient (Wildman–Crippen LogP) is 2.76. The fourth-order valence-corrected chi connectivity index (χ4v) is 2.14. The molecule has 2 aromatic rings. The molecule has 0 atom stereocenters. The monoisotopic (exact) mass is 248 g/mol. The number of hydrogen-bond donors (Lipinski definition) is 2. The summed E-state index contributed by atoms with van der Waals surface area (Å²) in [5.74, 6) is -0.885. The number of aromatic carboxylic acids is 1. The van der Waals surface area contributed by atoms with Gasteiger partial charge < -0.3 is 10.4 Å². The Kier molecular flexibility index (Phi) is 3.39. The number of hydrogen-bond acceptors (Lipinski definition) is 4. The lowest BCUT2D eigenvalue weighted by atomic mass is 10.3. The highest BCUT2D eigenvalue weighted by molar-refractivity contribution is 7.10. The topological polar surface area (TPSA) is 62.2 Å². The van der Waals surface area contributed by atoms with E-state index >= 15 is 0 Å². The van der Waals surface area contributed by atoms with E-state index in [2.05, 4.69) is 10.3 Å². The molecule has 4 nitrogen and oxygen atoms in total. The standard InChI is InChI=1S/C12H12N2O2S/c1-8-2-3-10(5-13-8)14-6-11-4-9(7-17-11)12(15)16/h2-5,7,14H,6H2,1H3,(H,15,16). The van der Waals surface area contributed by atoms with Crippen molar-refractivity contribution in [3.63, 3.8) is 0 Å². The lowest BCUT2D eigenvalue weighted by molar-refractivity contribution is 0.0697. The first-order chi connectivity index (χ1) is 8.15. The van der Waals surface area contributed by atoms with Gasteiger partial charge in [0, 0.05) is 22.5 Å². The third-order valence-electron chi connectivity index (χ3n) is 2.28. The van der Waals surface area contributed by atoms with Gasteiger partial charge in [-0.15, -0.1) is 11.3 Å². The van der Waals surface area contributed by atoms with Crippen LogP contribution in [-0.4, -0.2) is 16.1 Å². The Morgan fingerprint density at radius 2 is 2.35 bits per heavy atom. The summed E-state index contributed by atoms with van der Waals surface area (Å²) >= 11 is 1.44. The highest BCUT2D eigenvalue weighted by Gasteiger charge is 2.05. The summed E-state index contributed by atoms with van der Waals surface area (Å²) in [4.78, 5) is 15.9. The van der Waals surface area contributed by atoms with E-state index in [9.17, 15) is 4.79 Å². The minimum atomic E-state index is -0.885. The molecule has 0 aromatic carbocycles. The maximum atomic E-state index is 10.7. The molecule has 0 spiro atoms. The van der Waals surface area contributed by atoms with Crippen molar-refractivity contribution in [2.75, 3.05) is 5.32 Å². The molecule has 2 heterocycles.